The first-order valence-electron chi connectivity index (χ1n) is 7.97. The average Bonchev–Trinajstić information content (AvgIpc) is 2.57. The van der Waals surface area contributed by atoms with Crippen LogP contribution in [-0.4, -0.2) is 22.0 Å². The number of halogens is 1. The zero-order valence-corrected chi connectivity index (χ0v) is 15.3. The number of aliphatic hydroxyl groups excluding tert-OH is 1. The lowest BCUT2D eigenvalue weighted by Crippen LogP contribution is -2.31. The van der Waals surface area contributed by atoms with Gasteiger partial charge in [-0.2, -0.15) is 5.10 Å². The average molecular weight is 358 g/mol. The minimum absolute atomic E-state index is 0.388. The molecule has 2 N–H and O–H groups in total. The molecule has 5 nitrogen and oxygen atoms in total. The van der Waals surface area contributed by atoms with Gasteiger partial charge < -0.3 is 9.84 Å². The van der Waals surface area contributed by atoms with E-state index in [4.69, 9.17) is 16.3 Å². The first-order chi connectivity index (χ1) is 11.9. The van der Waals surface area contributed by atoms with Crippen LogP contribution < -0.4 is 10.2 Å². The summed E-state index contributed by atoms with van der Waals surface area (Å²) in [7, 11) is 0. The first-order valence-corrected chi connectivity index (χ1v) is 8.35. The van der Waals surface area contributed by atoms with Crippen molar-refractivity contribution in [1.29, 1.82) is 0 Å². The maximum absolute atomic E-state index is 10.0. The van der Waals surface area contributed by atoms with Crippen molar-refractivity contribution >= 4 is 22.9 Å². The Morgan fingerprint density at radius 2 is 1.88 bits per heavy atom. The maximum Gasteiger partial charge on any atom is 0.238 e. The number of ether oxygens (including phenoxy) is 1. The fourth-order valence-corrected chi connectivity index (χ4v) is 2.97. The molecular formula is C19H20ClN3O2. The largest absolute Gasteiger partial charge is 0.438 e. The first kappa shape index (κ1) is 17.5. The van der Waals surface area contributed by atoms with Gasteiger partial charge in [0.05, 0.1) is 5.71 Å². The van der Waals surface area contributed by atoms with Crippen molar-refractivity contribution in [3.8, 4) is 11.6 Å². The van der Waals surface area contributed by atoms with Crippen molar-refractivity contribution in [3.63, 3.8) is 0 Å². The smallest absolute Gasteiger partial charge is 0.238 e. The maximum atomic E-state index is 10.0. The number of pyridine rings is 1. The van der Waals surface area contributed by atoms with Crippen LogP contribution in [0, 0.1) is 13.8 Å². The molecule has 6 heteroatoms. The van der Waals surface area contributed by atoms with Crippen molar-refractivity contribution in [3.05, 3.63) is 57.7 Å². The van der Waals surface area contributed by atoms with Crippen molar-refractivity contribution in [1.82, 2.24) is 10.4 Å². The zero-order chi connectivity index (χ0) is 18.1. The Morgan fingerprint density at radius 3 is 2.60 bits per heavy atom. The highest BCUT2D eigenvalue weighted by Gasteiger charge is 2.21. The molecular weight excluding hydrogens is 338 g/mol. The molecule has 0 saturated carbocycles. The molecule has 2 heterocycles. The number of hydrogen-bond acceptors (Lipinski definition) is 5. The molecule has 0 spiro atoms. The zero-order valence-electron chi connectivity index (χ0n) is 14.6. The molecule has 3 rings (SSSR count). The van der Waals surface area contributed by atoms with E-state index in [2.05, 4.69) is 15.5 Å². The fourth-order valence-electron chi connectivity index (χ4n) is 2.82. The third-order valence-corrected chi connectivity index (χ3v) is 4.71. The third kappa shape index (κ3) is 3.38. The van der Waals surface area contributed by atoms with Gasteiger partial charge in [-0.3, -0.25) is 5.43 Å². The minimum Gasteiger partial charge on any atom is -0.438 e. The molecule has 0 aliphatic carbocycles. The molecule has 130 valence electrons. The second-order valence-electron chi connectivity index (χ2n) is 6.11. The molecule has 1 aromatic heterocycles. The quantitative estimate of drug-likeness (QED) is 0.863. The lowest BCUT2D eigenvalue weighted by molar-refractivity contribution is 0.174. The van der Waals surface area contributed by atoms with Crippen molar-refractivity contribution in [2.24, 2.45) is 5.10 Å². The van der Waals surface area contributed by atoms with Gasteiger partial charge in [-0.25, -0.2) is 4.98 Å². The van der Waals surface area contributed by atoms with Crippen LogP contribution in [0.1, 0.15) is 30.5 Å². The molecule has 0 saturated heterocycles. The van der Waals surface area contributed by atoms with Gasteiger partial charge >= 0.3 is 0 Å². The molecule has 0 bridgehead atoms. The number of nitrogens with zero attached hydrogens (tertiary/aromatic N) is 2. The summed E-state index contributed by atoms with van der Waals surface area (Å²) in [5, 5.41) is 14.7. The van der Waals surface area contributed by atoms with Gasteiger partial charge in [-0.1, -0.05) is 17.7 Å². The Kier molecular flexibility index (Phi) is 4.79. The minimum atomic E-state index is -0.774. The van der Waals surface area contributed by atoms with Crippen LogP contribution in [-0.2, 0) is 0 Å². The van der Waals surface area contributed by atoms with E-state index in [1.54, 1.807) is 6.20 Å². The van der Waals surface area contributed by atoms with E-state index in [0.29, 0.717) is 16.7 Å². The highest BCUT2D eigenvalue weighted by Crippen LogP contribution is 2.33. The second-order valence-corrected chi connectivity index (χ2v) is 6.49. The van der Waals surface area contributed by atoms with Gasteiger partial charge in [0.1, 0.15) is 10.8 Å². The van der Waals surface area contributed by atoms with Crippen LogP contribution in [0.15, 0.2) is 41.1 Å². The van der Waals surface area contributed by atoms with Crippen LogP contribution in [0.2, 0.25) is 5.02 Å². The summed E-state index contributed by atoms with van der Waals surface area (Å²) < 4.78 is 5.84. The van der Waals surface area contributed by atoms with Gasteiger partial charge in [0, 0.05) is 11.8 Å². The number of benzene rings is 1. The third-order valence-electron chi connectivity index (χ3n) is 4.25. The molecule has 1 unspecified atom stereocenters. The van der Waals surface area contributed by atoms with Crippen molar-refractivity contribution in [2.75, 3.05) is 0 Å². The Bertz CT molecular complexity index is 890. The summed E-state index contributed by atoms with van der Waals surface area (Å²) in [6.45, 7) is 7.71. The lowest BCUT2D eigenvalue weighted by atomic mass is 9.92. The molecule has 0 radical (unpaired) electrons. The van der Waals surface area contributed by atoms with Gasteiger partial charge in [0.15, 0.2) is 6.23 Å². The summed E-state index contributed by atoms with van der Waals surface area (Å²) in [5.74, 6) is 1.04. The van der Waals surface area contributed by atoms with E-state index < -0.39 is 6.23 Å². The lowest BCUT2D eigenvalue weighted by Gasteiger charge is -2.23. The van der Waals surface area contributed by atoms with Crippen molar-refractivity contribution in [2.45, 2.75) is 33.9 Å². The number of allylic oxidation sites excluding steroid dienone is 1. The molecule has 0 amide bonds. The summed E-state index contributed by atoms with van der Waals surface area (Å²) in [4.78, 5) is 4.19. The number of hydrazone groups is 1. The number of aromatic nitrogens is 1. The van der Waals surface area contributed by atoms with Gasteiger partial charge in [0.25, 0.3) is 0 Å². The Morgan fingerprint density at radius 1 is 1.12 bits per heavy atom. The van der Waals surface area contributed by atoms with Gasteiger partial charge in [0.2, 0.25) is 5.88 Å². The van der Waals surface area contributed by atoms with E-state index in [9.17, 15) is 5.11 Å². The topological polar surface area (TPSA) is 66.7 Å². The summed E-state index contributed by atoms with van der Waals surface area (Å²) in [5.41, 5.74) is 8.25. The number of aryl methyl sites for hydroxylation is 2. The Labute approximate surface area is 152 Å². The SMILES string of the molecule is CC1=NNC(O)C(C)=C1c1ccc(Oc2nccc(C)c2Cl)cc1C. The Balaban J connectivity index is 1.95. The molecule has 0 fully saturated rings. The summed E-state index contributed by atoms with van der Waals surface area (Å²) in [6, 6.07) is 7.59. The van der Waals surface area contributed by atoms with Crippen LogP contribution >= 0.6 is 11.6 Å². The number of rotatable bonds is 3. The van der Waals surface area contributed by atoms with Crippen LogP contribution in [0.4, 0.5) is 0 Å². The van der Waals surface area contributed by atoms with Crippen molar-refractivity contribution < 1.29 is 9.84 Å². The molecule has 25 heavy (non-hydrogen) atoms. The highest BCUT2D eigenvalue weighted by atomic mass is 35.5. The molecule has 1 atom stereocenters. The van der Waals surface area contributed by atoms with Crippen LogP contribution in [0.3, 0.4) is 0 Å². The van der Waals surface area contributed by atoms with E-state index in [1.165, 1.54) is 0 Å². The van der Waals surface area contributed by atoms with Crippen LogP contribution in [0.25, 0.3) is 5.57 Å². The standard InChI is InChI=1S/C19H20ClN3O2/c1-10-7-8-21-19(17(10)20)25-14-5-6-15(11(2)9-14)16-12(3)18(24)23-22-13(16)4/h5-9,18,23-24H,1-4H3. The predicted octanol–water partition coefficient (Wildman–Crippen LogP) is 4.22. The molecule has 1 aliphatic heterocycles. The highest BCUT2D eigenvalue weighted by molar-refractivity contribution is 6.32. The van der Waals surface area contributed by atoms with E-state index in [0.717, 1.165) is 33.5 Å². The van der Waals surface area contributed by atoms with E-state index >= 15 is 0 Å². The van der Waals surface area contributed by atoms with Gasteiger partial charge in [-0.05, 0) is 68.2 Å². The van der Waals surface area contributed by atoms with E-state index in [-0.39, 0.29) is 0 Å². The molecule has 1 aliphatic rings. The second kappa shape index (κ2) is 6.86. The number of hydrogen-bond donors (Lipinski definition) is 2. The summed E-state index contributed by atoms with van der Waals surface area (Å²) >= 11 is 6.24. The summed E-state index contributed by atoms with van der Waals surface area (Å²) in [6.07, 6.45) is 0.895. The monoisotopic (exact) mass is 357 g/mol. The molecule has 2 aromatic rings. The Hall–Kier alpha value is -2.37. The van der Waals surface area contributed by atoms with Gasteiger partial charge in [-0.15, -0.1) is 0 Å². The van der Waals surface area contributed by atoms with E-state index in [1.807, 2.05) is 52.0 Å². The fraction of sp³-hybridized carbons (Fsp3) is 0.263. The number of aliphatic hydroxyl groups is 1. The normalized spacial score (nSPS) is 17.2. The number of nitrogens with one attached hydrogen (secondary N) is 1. The van der Waals surface area contributed by atoms with Crippen LogP contribution in [0.5, 0.6) is 11.6 Å². The predicted molar refractivity (Wildman–Crippen MR) is 100 cm³/mol. The molecule has 1 aromatic carbocycles.